The van der Waals surface area contributed by atoms with Crippen LogP contribution in [0.25, 0.3) is 0 Å². The lowest BCUT2D eigenvalue weighted by molar-refractivity contribution is -0.137. The van der Waals surface area contributed by atoms with Crippen LogP contribution in [0.3, 0.4) is 0 Å². The average Bonchev–Trinajstić information content (AvgIpc) is 2.39. The van der Waals surface area contributed by atoms with E-state index in [4.69, 9.17) is 0 Å². The third-order valence-corrected chi connectivity index (χ3v) is 3.60. The molecule has 2 rings (SSSR count). The predicted molar refractivity (Wildman–Crippen MR) is 70.3 cm³/mol. The molecule has 0 bridgehead atoms. The van der Waals surface area contributed by atoms with E-state index in [0.29, 0.717) is 19.1 Å². The molecule has 1 aliphatic rings. The molecule has 6 heteroatoms. The summed E-state index contributed by atoms with van der Waals surface area (Å²) in [5.74, 6) is -0.597. The van der Waals surface area contributed by atoms with Crippen molar-refractivity contribution in [2.24, 2.45) is 0 Å². The lowest BCUT2D eigenvalue weighted by Crippen LogP contribution is -2.42. The number of alkyl halides is 3. The van der Waals surface area contributed by atoms with Crippen LogP contribution in [0.4, 0.5) is 23.2 Å². The maximum absolute atomic E-state index is 13.8. The summed E-state index contributed by atoms with van der Waals surface area (Å²) in [5, 5.41) is 3.31. The SMILES string of the molecule is CCNC1CCN(c2cc(C(F)(F)F)ccc2F)CC1. The van der Waals surface area contributed by atoms with E-state index < -0.39 is 17.6 Å². The maximum atomic E-state index is 13.8. The highest BCUT2D eigenvalue weighted by molar-refractivity contribution is 5.51. The fraction of sp³-hybridized carbons (Fsp3) is 0.571. The summed E-state index contributed by atoms with van der Waals surface area (Å²) in [6, 6.07) is 2.95. The summed E-state index contributed by atoms with van der Waals surface area (Å²) >= 11 is 0. The Morgan fingerprint density at radius 2 is 1.90 bits per heavy atom. The molecule has 112 valence electrons. The molecule has 0 unspecified atom stereocenters. The summed E-state index contributed by atoms with van der Waals surface area (Å²) in [7, 11) is 0. The van der Waals surface area contributed by atoms with Crippen LogP contribution in [0.5, 0.6) is 0 Å². The molecule has 0 spiro atoms. The third kappa shape index (κ3) is 3.42. The first-order valence-corrected chi connectivity index (χ1v) is 6.77. The van der Waals surface area contributed by atoms with Gasteiger partial charge in [0, 0.05) is 19.1 Å². The fourth-order valence-corrected chi connectivity index (χ4v) is 2.54. The van der Waals surface area contributed by atoms with Gasteiger partial charge in [0.2, 0.25) is 0 Å². The fourth-order valence-electron chi connectivity index (χ4n) is 2.54. The molecule has 0 aromatic heterocycles. The second-order valence-corrected chi connectivity index (χ2v) is 4.98. The van der Waals surface area contributed by atoms with Crippen LogP contribution in [0.1, 0.15) is 25.3 Å². The minimum atomic E-state index is -4.44. The maximum Gasteiger partial charge on any atom is 0.416 e. The van der Waals surface area contributed by atoms with Crippen molar-refractivity contribution in [2.75, 3.05) is 24.5 Å². The van der Waals surface area contributed by atoms with E-state index in [0.717, 1.165) is 37.6 Å². The molecule has 0 saturated carbocycles. The Bertz CT molecular complexity index is 451. The van der Waals surface area contributed by atoms with Gasteiger partial charge in [0.25, 0.3) is 0 Å². The number of anilines is 1. The minimum absolute atomic E-state index is 0.0507. The molecule has 0 atom stereocenters. The molecule has 20 heavy (non-hydrogen) atoms. The number of rotatable bonds is 3. The molecular weight excluding hydrogens is 272 g/mol. The normalized spacial score (nSPS) is 17.6. The van der Waals surface area contributed by atoms with Crippen LogP contribution in [-0.4, -0.2) is 25.7 Å². The van der Waals surface area contributed by atoms with Crippen molar-refractivity contribution in [1.82, 2.24) is 5.32 Å². The van der Waals surface area contributed by atoms with Gasteiger partial charge in [-0.3, -0.25) is 0 Å². The van der Waals surface area contributed by atoms with Gasteiger partial charge in [-0.05, 0) is 37.6 Å². The molecule has 1 aromatic carbocycles. The molecule has 1 aromatic rings. The lowest BCUT2D eigenvalue weighted by atomic mass is 10.0. The summed E-state index contributed by atoms with van der Waals surface area (Å²) in [6.45, 7) is 4.01. The van der Waals surface area contributed by atoms with Crippen LogP contribution in [-0.2, 0) is 6.18 Å². The third-order valence-electron chi connectivity index (χ3n) is 3.60. The van der Waals surface area contributed by atoms with Gasteiger partial charge in [0.1, 0.15) is 5.82 Å². The number of nitrogens with zero attached hydrogens (tertiary/aromatic N) is 1. The second-order valence-electron chi connectivity index (χ2n) is 4.98. The van der Waals surface area contributed by atoms with Gasteiger partial charge >= 0.3 is 6.18 Å². The summed E-state index contributed by atoms with van der Waals surface area (Å²) in [4.78, 5) is 1.69. The Kier molecular flexibility index (Phi) is 4.52. The van der Waals surface area contributed by atoms with Crippen LogP contribution >= 0.6 is 0 Å². The minimum Gasteiger partial charge on any atom is -0.369 e. The smallest absolute Gasteiger partial charge is 0.369 e. The van der Waals surface area contributed by atoms with E-state index in [-0.39, 0.29) is 5.69 Å². The van der Waals surface area contributed by atoms with Gasteiger partial charge in [0.05, 0.1) is 11.3 Å². The topological polar surface area (TPSA) is 15.3 Å². The van der Waals surface area contributed by atoms with Crippen molar-refractivity contribution < 1.29 is 17.6 Å². The molecule has 0 radical (unpaired) electrons. The number of nitrogens with one attached hydrogen (secondary N) is 1. The highest BCUT2D eigenvalue weighted by Crippen LogP contribution is 2.33. The van der Waals surface area contributed by atoms with Crippen molar-refractivity contribution >= 4 is 5.69 Å². The first kappa shape index (κ1) is 15.1. The zero-order chi connectivity index (χ0) is 14.8. The largest absolute Gasteiger partial charge is 0.416 e. The first-order chi connectivity index (χ1) is 9.41. The average molecular weight is 290 g/mol. The highest BCUT2D eigenvalue weighted by Gasteiger charge is 2.32. The molecule has 1 N–H and O–H groups in total. The quantitative estimate of drug-likeness (QED) is 0.858. The van der Waals surface area contributed by atoms with E-state index in [2.05, 4.69) is 5.32 Å². The van der Waals surface area contributed by atoms with E-state index in [1.807, 2.05) is 6.92 Å². The number of benzene rings is 1. The van der Waals surface area contributed by atoms with Crippen LogP contribution in [0.2, 0.25) is 0 Å². The molecular formula is C14H18F4N2. The van der Waals surface area contributed by atoms with Crippen LogP contribution in [0.15, 0.2) is 18.2 Å². The predicted octanol–water partition coefficient (Wildman–Crippen LogP) is 3.42. The van der Waals surface area contributed by atoms with Gasteiger partial charge in [0.15, 0.2) is 0 Å². The Morgan fingerprint density at radius 1 is 1.25 bits per heavy atom. The summed E-state index contributed by atoms with van der Waals surface area (Å²) in [6.07, 6.45) is -2.82. The molecule has 0 aliphatic carbocycles. The Labute approximate surface area is 115 Å². The lowest BCUT2D eigenvalue weighted by Gasteiger charge is -2.34. The number of halogens is 4. The van der Waals surface area contributed by atoms with Crippen LogP contribution < -0.4 is 10.2 Å². The van der Waals surface area contributed by atoms with E-state index in [9.17, 15) is 17.6 Å². The van der Waals surface area contributed by atoms with E-state index in [1.165, 1.54) is 0 Å². The molecule has 2 nitrogen and oxygen atoms in total. The Hall–Kier alpha value is -1.30. The van der Waals surface area contributed by atoms with Gasteiger partial charge in [-0.2, -0.15) is 13.2 Å². The Morgan fingerprint density at radius 3 is 2.45 bits per heavy atom. The summed E-state index contributed by atoms with van der Waals surface area (Å²) < 4.78 is 51.8. The Balaban J connectivity index is 2.13. The van der Waals surface area contributed by atoms with Crippen molar-refractivity contribution in [3.8, 4) is 0 Å². The highest BCUT2D eigenvalue weighted by atomic mass is 19.4. The van der Waals surface area contributed by atoms with Gasteiger partial charge in [-0.1, -0.05) is 6.92 Å². The zero-order valence-electron chi connectivity index (χ0n) is 11.3. The molecule has 1 heterocycles. The molecule has 1 saturated heterocycles. The van der Waals surface area contributed by atoms with Crippen molar-refractivity contribution in [3.63, 3.8) is 0 Å². The molecule has 1 aliphatic heterocycles. The standard InChI is InChI=1S/C14H18F4N2/c1-2-19-11-5-7-20(8-6-11)13-9-10(14(16,17)18)3-4-12(13)15/h3-4,9,11,19H,2,5-8H2,1H3. The van der Waals surface area contributed by atoms with E-state index in [1.54, 1.807) is 4.90 Å². The monoisotopic (exact) mass is 290 g/mol. The zero-order valence-corrected chi connectivity index (χ0v) is 11.3. The van der Waals surface area contributed by atoms with Crippen LogP contribution in [0, 0.1) is 5.82 Å². The first-order valence-electron chi connectivity index (χ1n) is 6.77. The number of hydrogen-bond acceptors (Lipinski definition) is 2. The van der Waals surface area contributed by atoms with E-state index >= 15 is 0 Å². The van der Waals surface area contributed by atoms with Gasteiger partial charge in [-0.25, -0.2) is 4.39 Å². The molecule has 0 amide bonds. The van der Waals surface area contributed by atoms with Gasteiger partial charge in [-0.15, -0.1) is 0 Å². The number of piperidine rings is 1. The van der Waals surface area contributed by atoms with Gasteiger partial charge < -0.3 is 10.2 Å². The second kappa shape index (κ2) is 5.99. The van der Waals surface area contributed by atoms with Crippen molar-refractivity contribution in [2.45, 2.75) is 32.0 Å². The van der Waals surface area contributed by atoms with Crippen molar-refractivity contribution in [1.29, 1.82) is 0 Å². The van der Waals surface area contributed by atoms with Crippen molar-refractivity contribution in [3.05, 3.63) is 29.6 Å². The summed E-state index contributed by atoms with van der Waals surface area (Å²) in [5.41, 5.74) is -0.752. The molecule has 1 fully saturated rings. The number of hydrogen-bond donors (Lipinski definition) is 1.